The lowest BCUT2D eigenvalue weighted by Gasteiger charge is -2.21. The summed E-state index contributed by atoms with van der Waals surface area (Å²) in [6.45, 7) is 0.637. The molecular weight excluding hydrogens is 400 g/mol. The van der Waals surface area contributed by atoms with Crippen LogP contribution in [0.4, 0.5) is 0 Å². The van der Waals surface area contributed by atoms with Crippen LogP contribution in [0.3, 0.4) is 0 Å². The van der Waals surface area contributed by atoms with Gasteiger partial charge in [-0.1, -0.05) is 48.6 Å². The number of carbonyl (C=O) groups excluding carboxylic acids is 3. The zero-order valence-corrected chi connectivity index (χ0v) is 17.5. The molecule has 1 aliphatic heterocycles. The van der Waals surface area contributed by atoms with Gasteiger partial charge in [0.2, 0.25) is 11.8 Å². The lowest BCUT2D eigenvalue weighted by Crippen LogP contribution is -2.37. The van der Waals surface area contributed by atoms with Crippen LogP contribution in [0.1, 0.15) is 42.2 Å². The molecule has 2 amide bonds. The minimum Gasteiger partial charge on any atom is -0.456 e. The molecule has 1 aromatic heterocycles. The van der Waals surface area contributed by atoms with E-state index >= 15 is 0 Å². The number of cyclic esters (lactones) is 1. The topological polar surface area (TPSA) is 84.5 Å². The van der Waals surface area contributed by atoms with Crippen LogP contribution in [-0.4, -0.2) is 24.3 Å². The van der Waals surface area contributed by atoms with Crippen molar-refractivity contribution in [3.05, 3.63) is 70.4 Å². The number of rotatable bonds is 5. The number of hydrogen-bond acceptors (Lipinski definition) is 5. The van der Waals surface area contributed by atoms with Crippen LogP contribution in [0.15, 0.2) is 60.0 Å². The van der Waals surface area contributed by atoms with Crippen LogP contribution in [0.25, 0.3) is 0 Å². The van der Waals surface area contributed by atoms with Crippen molar-refractivity contribution >= 4 is 29.1 Å². The minimum atomic E-state index is -0.556. The lowest BCUT2D eigenvalue weighted by molar-refractivity contribution is -0.150. The quantitative estimate of drug-likeness (QED) is 0.566. The van der Waals surface area contributed by atoms with E-state index in [1.54, 1.807) is 11.3 Å². The van der Waals surface area contributed by atoms with Crippen molar-refractivity contribution in [1.29, 1.82) is 0 Å². The van der Waals surface area contributed by atoms with Crippen molar-refractivity contribution in [2.75, 3.05) is 6.54 Å². The Bertz CT molecular complexity index is 865. The fourth-order valence-electron chi connectivity index (χ4n) is 3.21. The maximum atomic E-state index is 12.8. The first-order valence-corrected chi connectivity index (χ1v) is 11.0. The van der Waals surface area contributed by atoms with E-state index in [4.69, 9.17) is 4.74 Å². The maximum absolute atomic E-state index is 12.8. The fourth-order valence-corrected chi connectivity index (χ4v) is 3.85. The summed E-state index contributed by atoms with van der Waals surface area (Å²) in [4.78, 5) is 38.4. The van der Waals surface area contributed by atoms with Gasteiger partial charge >= 0.3 is 5.97 Å². The van der Waals surface area contributed by atoms with Gasteiger partial charge in [0.25, 0.3) is 0 Å². The SMILES string of the molecule is O=C(CC1C/C=C/CCC(=O)OC(c2ccccc2)CNC1=O)NCc1cccs1. The first-order chi connectivity index (χ1) is 14.6. The van der Waals surface area contributed by atoms with Crippen molar-refractivity contribution in [1.82, 2.24) is 10.6 Å². The first-order valence-electron chi connectivity index (χ1n) is 10.1. The van der Waals surface area contributed by atoms with E-state index in [0.29, 0.717) is 19.4 Å². The number of allylic oxidation sites excluding steroid dienone is 2. The van der Waals surface area contributed by atoms with Crippen molar-refractivity contribution < 1.29 is 19.1 Å². The molecule has 0 aliphatic carbocycles. The summed E-state index contributed by atoms with van der Waals surface area (Å²) in [5.41, 5.74) is 0.823. The number of benzene rings is 1. The number of carbonyl (C=O) groups is 3. The highest BCUT2D eigenvalue weighted by Crippen LogP contribution is 2.19. The van der Waals surface area contributed by atoms with Crippen LogP contribution in [0.5, 0.6) is 0 Å². The van der Waals surface area contributed by atoms with E-state index in [0.717, 1.165) is 10.4 Å². The number of ether oxygens (including phenoxy) is 1. The normalized spacial score (nSPS) is 21.5. The molecule has 7 heteroatoms. The molecule has 0 saturated heterocycles. The van der Waals surface area contributed by atoms with E-state index in [9.17, 15) is 14.4 Å². The molecule has 158 valence electrons. The van der Waals surface area contributed by atoms with Gasteiger partial charge in [-0.25, -0.2) is 0 Å². The highest BCUT2D eigenvalue weighted by atomic mass is 32.1. The number of thiophene rings is 1. The Labute approximate surface area is 180 Å². The molecule has 1 aromatic carbocycles. The molecular formula is C23H26N2O4S. The Balaban J connectivity index is 1.64. The Morgan fingerprint density at radius 2 is 1.97 bits per heavy atom. The summed E-state index contributed by atoms with van der Waals surface area (Å²) in [7, 11) is 0. The summed E-state index contributed by atoms with van der Waals surface area (Å²) < 4.78 is 5.59. The minimum absolute atomic E-state index is 0.108. The summed E-state index contributed by atoms with van der Waals surface area (Å²) in [5.74, 6) is -1.15. The average molecular weight is 427 g/mol. The van der Waals surface area contributed by atoms with E-state index in [1.165, 1.54) is 0 Å². The summed E-state index contributed by atoms with van der Waals surface area (Å²) in [6, 6.07) is 13.2. The predicted molar refractivity (Wildman–Crippen MR) is 116 cm³/mol. The third-order valence-electron chi connectivity index (χ3n) is 4.85. The van der Waals surface area contributed by atoms with Crippen LogP contribution in [-0.2, 0) is 25.7 Å². The molecule has 0 spiro atoms. The van der Waals surface area contributed by atoms with Gasteiger partial charge < -0.3 is 15.4 Å². The van der Waals surface area contributed by atoms with Gasteiger partial charge in [0.15, 0.2) is 0 Å². The molecule has 0 bridgehead atoms. The molecule has 6 nitrogen and oxygen atoms in total. The smallest absolute Gasteiger partial charge is 0.306 e. The number of amides is 2. The second kappa shape index (κ2) is 11.3. The van der Waals surface area contributed by atoms with Crippen LogP contribution >= 0.6 is 11.3 Å². The predicted octanol–water partition coefficient (Wildman–Crippen LogP) is 3.51. The van der Waals surface area contributed by atoms with Crippen molar-refractivity contribution in [3.63, 3.8) is 0 Å². The summed E-state index contributed by atoms with van der Waals surface area (Å²) >= 11 is 1.58. The Morgan fingerprint density at radius 1 is 1.13 bits per heavy atom. The molecule has 2 aromatic rings. The number of hydrogen-bond donors (Lipinski definition) is 2. The monoisotopic (exact) mass is 426 g/mol. The van der Waals surface area contributed by atoms with Crippen LogP contribution < -0.4 is 10.6 Å². The average Bonchev–Trinajstić information content (AvgIpc) is 3.27. The number of nitrogens with one attached hydrogen (secondary N) is 2. The van der Waals surface area contributed by atoms with E-state index in [-0.39, 0.29) is 37.2 Å². The molecule has 0 radical (unpaired) electrons. The van der Waals surface area contributed by atoms with E-state index in [1.807, 2.05) is 60.0 Å². The molecule has 2 N–H and O–H groups in total. The third-order valence-corrected chi connectivity index (χ3v) is 5.73. The van der Waals surface area contributed by atoms with Gasteiger partial charge in [-0.3, -0.25) is 14.4 Å². The Hall–Kier alpha value is -2.93. The van der Waals surface area contributed by atoms with Gasteiger partial charge in [0, 0.05) is 17.7 Å². The summed E-state index contributed by atoms with van der Waals surface area (Å²) in [6.07, 6.45) is 4.55. The molecule has 2 unspecified atom stereocenters. The van der Waals surface area contributed by atoms with Crippen LogP contribution in [0, 0.1) is 5.92 Å². The molecule has 30 heavy (non-hydrogen) atoms. The summed E-state index contributed by atoms with van der Waals surface area (Å²) in [5, 5.41) is 7.71. The highest BCUT2D eigenvalue weighted by molar-refractivity contribution is 7.09. The van der Waals surface area contributed by atoms with E-state index in [2.05, 4.69) is 10.6 Å². The van der Waals surface area contributed by atoms with Crippen molar-refractivity contribution in [2.45, 2.75) is 38.3 Å². The Kier molecular flexibility index (Phi) is 8.20. The molecule has 0 fully saturated rings. The zero-order valence-electron chi connectivity index (χ0n) is 16.7. The van der Waals surface area contributed by atoms with Gasteiger partial charge in [0.1, 0.15) is 6.10 Å². The standard InChI is InChI=1S/C23H26N2O4S/c26-21(24-15-19-11-7-13-30-19)14-18-10-5-2-6-12-22(27)29-20(16-25-23(18)28)17-8-3-1-4-9-17/h1-5,7-9,11,13,18,20H,6,10,12,14-16H2,(H,24,26)(H,25,28)/b5-2+. The van der Waals surface area contributed by atoms with Crippen molar-refractivity contribution in [2.24, 2.45) is 5.92 Å². The molecule has 2 atom stereocenters. The molecule has 0 saturated carbocycles. The molecule has 3 rings (SSSR count). The second-order valence-corrected chi connectivity index (χ2v) is 8.17. The number of esters is 1. The van der Waals surface area contributed by atoms with Gasteiger partial charge in [-0.05, 0) is 29.9 Å². The largest absolute Gasteiger partial charge is 0.456 e. The molecule has 2 heterocycles. The second-order valence-electron chi connectivity index (χ2n) is 7.14. The Morgan fingerprint density at radius 3 is 2.73 bits per heavy atom. The van der Waals surface area contributed by atoms with Gasteiger partial charge in [-0.2, -0.15) is 0 Å². The first kappa shape index (κ1) is 21.8. The lowest BCUT2D eigenvalue weighted by atomic mass is 9.98. The van der Waals surface area contributed by atoms with E-state index < -0.39 is 12.0 Å². The van der Waals surface area contributed by atoms with Gasteiger partial charge in [-0.15, -0.1) is 11.3 Å². The fraction of sp³-hybridized carbons (Fsp3) is 0.348. The highest BCUT2D eigenvalue weighted by Gasteiger charge is 2.24. The molecule has 1 aliphatic rings. The maximum Gasteiger partial charge on any atom is 0.306 e. The zero-order chi connectivity index (χ0) is 21.2. The van der Waals surface area contributed by atoms with Gasteiger partial charge in [0.05, 0.1) is 19.0 Å². The van der Waals surface area contributed by atoms with Crippen LogP contribution in [0.2, 0.25) is 0 Å². The van der Waals surface area contributed by atoms with Crippen molar-refractivity contribution in [3.8, 4) is 0 Å². The third kappa shape index (κ3) is 6.84.